The van der Waals surface area contributed by atoms with Crippen LogP contribution in [0.15, 0.2) is 23.1 Å². The quantitative estimate of drug-likeness (QED) is 0.742. The number of nitrogens with two attached hydrogens (primary N) is 1. The standard InChI is InChI=1S/C14H23N3O2S/c1-9-4-7-13(10(9)2)17-14-8-11(5-6-12(14)15)20(18,19)16-3/h5-6,8-10,13,16-17H,4,7,15H2,1-3H3. The minimum atomic E-state index is -3.44. The molecule has 0 bridgehead atoms. The molecule has 4 N–H and O–H groups in total. The molecule has 0 radical (unpaired) electrons. The lowest BCUT2D eigenvalue weighted by Gasteiger charge is -2.22. The molecule has 0 amide bonds. The van der Waals surface area contributed by atoms with E-state index in [2.05, 4.69) is 23.9 Å². The second kappa shape index (κ2) is 5.61. The van der Waals surface area contributed by atoms with Gasteiger partial charge in [-0.15, -0.1) is 0 Å². The largest absolute Gasteiger partial charge is 0.397 e. The molecule has 5 nitrogen and oxygen atoms in total. The van der Waals surface area contributed by atoms with Gasteiger partial charge in [-0.3, -0.25) is 0 Å². The normalized spacial score (nSPS) is 26.6. The van der Waals surface area contributed by atoms with Gasteiger partial charge in [0.05, 0.1) is 16.3 Å². The predicted octanol–water partition coefficient (Wildman–Crippen LogP) is 2.02. The summed E-state index contributed by atoms with van der Waals surface area (Å²) < 4.78 is 26.0. The maximum absolute atomic E-state index is 11.8. The van der Waals surface area contributed by atoms with Gasteiger partial charge in [0.15, 0.2) is 0 Å². The third kappa shape index (κ3) is 2.91. The summed E-state index contributed by atoms with van der Waals surface area (Å²) in [6.45, 7) is 4.47. The van der Waals surface area contributed by atoms with Gasteiger partial charge in [0.25, 0.3) is 0 Å². The summed E-state index contributed by atoms with van der Waals surface area (Å²) in [6.07, 6.45) is 2.28. The molecule has 112 valence electrons. The molecule has 1 aromatic carbocycles. The van der Waals surface area contributed by atoms with Gasteiger partial charge in [-0.1, -0.05) is 13.8 Å². The first-order chi connectivity index (χ1) is 9.35. The highest BCUT2D eigenvalue weighted by atomic mass is 32.2. The van der Waals surface area contributed by atoms with E-state index in [-0.39, 0.29) is 4.90 Å². The molecule has 1 aliphatic carbocycles. The highest BCUT2D eigenvalue weighted by Gasteiger charge is 2.30. The van der Waals surface area contributed by atoms with E-state index in [0.717, 1.165) is 6.42 Å². The summed E-state index contributed by atoms with van der Waals surface area (Å²) in [5.41, 5.74) is 7.23. The first kappa shape index (κ1) is 15.1. The molecule has 3 unspecified atom stereocenters. The van der Waals surface area contributed by atoms with Gasteiger partial charge >= 0.3 is 0 Å². The van der Waals surface area contributed by atoms with Crippen LogP contribution in [0, 0.1) is 11.8 Å². The fourth-order valence-corrected chi connectivity index (χ4v) is 3.47. The lowest BCUT2D eigenvalue weighted by molar-refractivity contribution is 0.435. The monoisotopic (exact) mass is 297 g/mol. The molecular formula is C14H23N3O2S. The van der Waals surface area contributed by atoms with Gasteiger partial charge in [0, 0.05) is 6.04 Å². The molecular weight excluding hydrogens is 274 g/mol. The number of anilines is 2. The average molecular weight is 297 g/mol. The number of benzene rings is 1. The molecule has 0 aromatic heterocycles. The lowest BCUT2D eigenvalue weighted by atomic mass is 9.97. The maximum atomic E-state index is 11.8. The van der Waals surface area contributed by atoms with Crippen molar-refractivity contribution < 1.29 is 8.42 Å². The third-order valence-electron chi connectivity index (χ3n) is 4.41. The number of nitrogen functional groups attached to an aromatic ring is 1. The minimum absolute atomic E-state index is 0.232. The van der Waals surface area contributed by atoms with Crippen LogP contribution < -0.4 is 15.8 Å². The summed E-state index contributed by atoms with van der Waals surface area (Å²) in [7, 11) is -2.04. The number of nitrogens with one attached hydrogen (secondary N) is 2. The predicted molar refractivity (Wildman–Crippen MR) is 82.1 cm³/mol. The van der Waals surface area contributed by atoms with Gasteiger partial charge in [0.2, 0.25) is 10.0 Å². The molecule has 2 rings (SSSR count). The summed E-state index contributed by atoms with van der Waals surface area (Å²) in [5.74, 6) is 1.23. The first-order valence-corrected chi connectivity index (χ1v) is 8.43. The van der Waals surface area contributed by atoms with Crippen molar-refractivity contribution in [3.63, 3.8) is 0 Å². The van der Waals surface area contributed by atoms with Crippen LogP contribution in [0.1, 0.15) is 26.7 Å². The Bertz CT molecular complexity index is 586. The van der Waals surface area contributed by atoms with E-state index in [9.17, 15) is 8.42 Å². The fraction of sp³-hybridized carbons (Fsp3) is 0.571. The Labute approximate surface area is 121 Å². The van der Waals surface area contributed by atoms with E-state index in [1.54, 1.807) is 12.1 Å². The minimum Gasteiger partial charge on any atom is -0.397 e. The van der Waals surface area contributed by atoms with Gasteiger partial charge in [0.1, 0.15) is 0 Å². The van der Waals surface area contributed by atoms with Crippen LogP contribution in [-0.4, -0.2) is 21.5 Å². The van der Waals surface area contributed by atoms with Crippen LogP contribution in [0.5, 0.6) is 0 Å². The molecule has 0 saturated heterocycles. The van der Waals surface area contributed by atoms with E-state index < -0.39 is 10.0 Å². The van der Waals surface area contributed by atoms with Crippen molar-refractivity contribution in [3.05, 3.63) is 18.2 Å². The zero-order valence-electron chi connectivity index (χ0n) is 12.2. The number of hydrogen-bond acceptors (Lipinski definition) is 4. The van der Waals surface area contributed by atoms with Crippen LogP contribution in [0.25, 0.3) is 0 Å². The van der Waals surface area contributed by atoms with Crippen molar-refractivity contribution in [2.45, 2.75) is 37.6 Å². The van der Waals surface area contributed by atoms with Gasteiger partial charge in [-0.25, -0.2) is 13.1 Å². The molecule has 6 heteroatoms. The van der Waals surface area contributed by atoms with Crippen molar-refractivity contribution >= 4 is 21.4 Å². The molecule has 3 atom stereocenters. The highest BCUT2D eigenvalue weighted by Crippen LogP contribution is 2.34. The van der Waals surface area contributed by atoms with Crippen molar-refractivity contribution in [1.82, 2.24) is 4.72 Å². The zero-order valence-corrected chi connectivity index (χ0v) is 13.0. The molecule has 1 fully saturated rings. The van der Waals surface area contributed by atoms with E-state index in [1.807, 2.05) is 0 Å². The van der Waals surface area contributed by atoms with Gasteiger partial charge in [-0.2, -0.15) is 0 Å². The van der Waals surface area contributed by atoms with E-state index >= 15 is 0 Å². The van der Waals surface area contributed by atoms with E-state index in [1.165, 1.54) is 19.5 Å². The first-order valence-electron chi connectivity index (χ1n) is 6.94. The van der Waals surface area contributed by atoms with Crippen LogP contribution in [0.2, 0.25) is 0 Å². The summed E-state index contributed by atoms with van der Waals surface area (Å²) >= 11 is 0. The Balaban J connectivity index is 2.26. The Hall–Kier alpha value is -1.27. The Morgan fingerprint density at radius 1 is 1.25 bits per heavy atom. The summed E-state index contributed by atoms with van der Waals surface area (Å²) in [5, 5.41) is 3.41. The second-order valence-corrected chi connectivity index (χ2v) is 7.51. The Kier molecular flexibility index (Phi) is 4.25. The summed E-state index contributed by atoms with van der Waals surface area (Å²) in [6, 6.07) is 5.11. The number of sulfonamides is 1. The van der Waals surface area contributed by atoms with Crippen molar-refractivity contribution in [2.24, 2.45) is 11.8 Å². The van der Waals surface area contributed by atoms with Crippen LogP contribution >= 0.6 is 0 Å². The van der Waals surface area contributed by atoms with Gasteiger partial charge in [-0.05, 0) is 49.9 Å². The third-order valence-corrected chi connectivity index (χ3v) is 5.82. The second-order valence-electron chi connectivity index (χ2n) is 5.62. The number of hydrogen-bond donors (Lipinski definition) is 3. The summed E-state index contributed by atoms with van der Waals surface area (Å²) in [4.78, 5) is 0.232. The van der Waals surface area contributed by atoms with E-state index in [4.69, 9.17) is 5.73 Å². The molecule has 20 heavy (non-hydrogen) atoms. The average Bonchev–Trinajstić information content (AvgIpc) is 2.73. The van der Waals surface area contributed by atoms with Crippen LogP contribution in [0.4, 0.5) is 11.4 Å². The Morgan fingerprint density at radius 2 is 1.95 bits per heavy atom. The van der Waals surface area contributed by atoms with Crippen LogP contribution in [-0.2, 0) is 10.0 Å². The van der Waals surface area contributed by atoms with Crippen molar-refractivity contribution in [1.29, 1.82) is 0 Å². The highest BCUT2D eigenvalue weighted by molar-refractivity contribution is 7.89. The molecule has 1 aliphatic rings. The van der Waals surface area contributed by atoms with Crippen LogP contribution in [0.3, 0.4) is 0 Å². The topological polar surface area (TPSA) is 84.2 Å². The van der Waals surface area contributed by atoms with Gasteiger partial charge < -0.3 is 11.1 Å². The SMILES string of the molecule is CNS(=O)(=O)c1ccc(N)c(NC2CCC(C)C2C)c1. The smallest absolute Gasteiger partial charge is 0.240 e. The van der Waals surface area contributed by atoms with Crippen molar-refractivity contribution in [3.8, 4) is 0 Å². The maximum Gasteiger partial charge on any atom is 0.240 e. The Morgan fingerprint density at radius 3 is 2.50 bits per heavy atom. The molecule has 1 aromatic rings. The molecule has 0 spiro atoms. The molecule has 0 aliphatic heterocycles. The molecule has 1 saturated carbocycles. The van der Waals surface area contributed by atoms with E-state index in [0.29, 0.717) is 29.3 Å². The molecule has 0 heterocycles. The lowest BCUT2D eigenvalue weighted by Crippen LogP contribution is -2.25. The fourth-order valence-electron chi connectivity index (χ4n) is 2.71. The van der Waals surface area contributed by atoms with Crippen molar-refractivity contribution in [2.75, 3.05) is 18.1 Å². The number of rotatable bonds is 4. The zero-order chi connectivity index (χ0) is 14.9.